The number of ether oxygens (including phenoxy) is 1. The van der Waals surface area contributed by atoms with E-state index in [9.17, 15) is 0 Å². The van der Waals surface area contributed by atoms with Crippen molar-refractivity contribution in [2.75, 3.05) is 41.8 Å². The Labute approximate surface area is 230 Å². The van der Waals surface area contributed by atoms with Gasteiger partial charge in [0.15, 0.2) is 17.0 Å². The average Bonchev–Trinajstić information content (AvgIpc) is 3.57. The molecular weight excluding hydrogens is 511 g/mol. The number of fused-ring (bicyclic) bond motifs is 1. The zero-order chi connectivity index (χ0) is 23.6. The molecule has 1 aromatic carbocycles. The van der Waals surface area contributed by atoms with Crippen molar-refractivity contribution < 1.29 is 4.74 Å². The summed E-state index contributed by atoms with van der Waals surface area (Å²) in [6.07, 6.45) is 11.0. The Bertz CT molecular complexity index is 1140. The average molecular weight is 550 g/mol. The number of hydrogen-bond acceptors (Lipinski definition) is 8. The van der Waals surface area contributed by atoms with Crippen LogP contribution in [0.4, 0.5) is 23.1 Å². The maximum atomic E-state index is 6.12. The van der Waals surface area contributed by atoms with Crippen molar-refractivity contribution in [1.29, 1.82) is 0 Å². The van der Waals surface area contributed by atoms with E-state index in [0.717, 1.165) is 74.7 Å². The number of nitrogens with zero attached hydrogens (tertiary/aromatic N) is 5. The Morgan fingerprint density at radius 2 is 1.59 bits per heavy atom. The first-order chi connectivity index (χ1) is 17.2. The number of halogens is 2. The molecule has 3 aliphatic rings. The van der Waals surface area contributed by atoms with E-state index in [1.54, 1.807) is 0 Å². The molecule has 4 N–H and O–H groups in total. The molecule has 1 aliphatic heterocycles. The third-order valence-corrected chi connectivity index (χ3v) is 7.75. The number of imidazole rings is 1. The van der Waals surface area contributed by atoms with Crippen molar-refractivity contribution in [2.45, 2.75) is 69.5 Å². The fourth-order valence-electron chi connectivity index (χ4n) is 5.68. The SMILES string of the molecule is Cl.Cl.NC1CCC(Nc2nc(Nc3ccc(N4CCOCC4)cc3)c3ncn(C4CCCC4)c3n2)CC1. The first kappa shape index (κ1) is 27.7. The fourth-order valence-corrected chi connectivity index (χ4v) is 5.68. The summed E-state index contributed by atoms with van der Waals surface area (Å²) in [5, 5.41) is 7.14. The minimum Gasteiger partial charge on any atom is -0.378 e. The number of nitrogens with two attached hydrogens (primary N) is 1. The molecule has 6 rings (SSSR count). The van der Waals surface area contributed by atoms with E-state index in [2.05, 4.69) is 44.4 Å². The van der Waals surface area contributed by atoms with Crippen LogP contribution in [0.3, 0.4) is 0 Å². The molecule has 11 heteroatoms. The van der Waals surface area contributed by atoms with E-state index in [1.165, 1.54) is 31.4 Å². The van der Waals surface area contributed by atoms with Crippen LogP contribution in [0.2, 0.25) is 0 Å². The van der Waals surface area contributed by atoms with Gasteiger partial charge in [0.1, 0.15) is 0 Å². The van der Waals surface area contributed by atoms with Crippen LogP contribution in [0.25, 0.3) is 11.2 Å². The fraction of sp³-hybridized carbons (Fsp3) is 0.577. The summed E-state index contributed by atoms with van der Waals surface area (Å²) in [5.74, 6) is 1.42. The highest BCUT2D eigenvalue weighted by atomic mass is 35.5. The lowest BCUT2D eigenvalue weighted by Crippen LogP contribution is -2.36. The summed E-state index contributed by atoms with van der Waals surface area (Å²) < 4.78 is 7.75. The summed E-state index contributed by atoms with van der Waals surface area (Å²) in [7, 11) is 0. The molecule has 0 spiro atoms. The Hall–Kier alpha value is -2.33. The van der Waals surface area contributed by atoms with Gasteiger partial charge in [0.05, 0.1) is 19.5 Å². The lowest BCUT2D eigenvalue weighted by atomic mass is 9.92. The molecule has 2 saturated carbocycles. The third-order valence-electron chi connectivity index (χ3n) is 7.75. The van der Waals surface area contributed by atoms with Crippen LogP contribution in [0, 0.1) is 0 Å². The zero-order valence-corrected chi connectivity index (χ0v) is 22.8. The molecule has 3 aromatic rings. The van der Waals surface area contributed by atoms with Crippen LogP contribution in [0.15, 0.2) is 30.6 Å². The zero-order valence-electron chi connectivity index (χ0n) is 21.1. The topological polar surface area (TPSA) is 106 Å². The molecule has 0 radical (unpaired) electrons. The van der Waals surface area contributed by atoms with Gasteiger partial charge in [-0.2, -0.15) is 9.97 Å². The molecule has 0 atom stereocenters. The number of hydrogen-bond donors (Lipinski definition) is 3. The van der Waals surface area contributed by atoms with E-state index in [0.29, 0.717) is 24.1 Å². The van der Waals surface area contributed by atoms with Crippen LogP contribution in [0.5, 0.6) is 0 Å². The molecule has 2 aliphatic carbocycles. The van der Waals surface area contributed by atoms with Crippen molar-refractivity contribution in [1.82, 2.24) is 19.5 Å². The third kappa shape index (κ3) is 6.22. The lowest BCUT2D eigenvalue weighted by Gasteiger charge is -2.29. The quantitative estimate of drug-likeness (QED) is 0.393. The molecule has 0 amide bonds. The summed E-state index contributed by atoms with van der Waals surface area (Å²) in [4.78, 5) is 17.0. The Balaban J connectivity index is 0.00000160. The van der Waals surface area contributed by atoms with Gasteiger partial charge in [-0.25, -0.2) is 4.98 Å². The number of morpholine rings is 1. The van der Waals surface area contributed by atoms with Gasteiger partial charge in [0.25, 0.3) is 0 Å². The van der Waals surface area contributed by atoms with E-state index in [4.69, 9.17) is 25.4 Å². The largest absolute Gasteiger partial charge is 0.378 e. The maximum absolute atomic E-state index is 6.12. The number of benzene rings is 1. The lowest BCUT2D eigenvalue weighted by molar-refractivity contribution is 0.122. The van der Waals surface area contributed by atoms with E-state index >= 15 is 0 Å². The van der Waals surface area contributed by atoms with Gasteiger partial charge in [-0.05, 0) is 62.8 Å². The van der Waals surface area contributed by atoms with Crippen molar-refractivity contribution in [2.24, 2.45) is 5.73 Å². The predicted octanol–water partition coefficient (Wildman–Crippen LogP) is 5.05. The molecule has 37 heavy (non-hydrogen) atoms. The first-order valence-corrected chi connectivity index (χ1v) is 13.2. The van der Waals surface area contributed by atoms with Crippen LogP contribution in [0.1, 0.15) is 57.4 Å². The minimum absolute atomic E-state index is 0. The van der Waals surface area contributed by atoms with E-state index < -0.39 is 0 Å². The van der Waals surface area contributed by atoms with Crippen molar-refractivity contribution in [3.05, 3.63) is 30.6 Å². The second kappa shape index (κ2) is 12.5. The van der Waals surface area contributed by atoms with Gasteiger partial charge in [0.2, 0.25) is 5.95 Å². The minimum atomic E-state index is 0. The number of aromatic nitrogens is 4. The van der Waals surface area contributed by atoms with E-state index in [1.807, 2.05) is 6.33 Å². The first-order valence-electron chi connectivity index (χ1n) is 13.2. The van der Waals surface area contributed by atoms with Gasteiger partial charge in [-0.1, -0.05) is 12.8 Å². The predicted molar refractivity (Wildman–Crippen MR) is 154 cm³/mol. The number of nitrogens with one attached hydrogen (secondary N) is 2. The summed E-state index contributed by atoms with van der Waals surface area (Å²) >= 11 is 0. The highest BCUT2D eigenvalue weighted by Gasteiger charge is 2.24. The molecule has 9 nitrogen and oxygen atoms in total. The van der Waals surface area contributed by atoms with Gasteiger partial charge in [0, 0.05) is 42.6 Å². The summed E-state index contributed by atoms with van der Waals surface area (Å²) in [6.45, 7) is 3.43. The molecule has 3 fully saturated rings. The Morgan fingerprint density at radius 3 is 2.30 bits per heavy atom. The molecule has 1 saturated heterocycles. The molecule has 0 bridgehead atoms. The number of rotatable bonds is 6. The summed E-state index contributed by atoms with van der Waals surface area (Å²) in [5.41, 5.74) is 10.1. The molecule has 3 heterocycles. The van der Waals surface area contributed by atoms with Gasteiger partial charge >= 0.3 is 0 Å². The summed E-state index contributed by atoms with van der Waals surface area (Å²) in [6, 6.07) is 9.69. The Kier molecular flexibility index (Phi) is 9.34. The Morgan fingerprint density at radius 1 is 0.892 bits per heavy atom. The standard InChI is InChI=1S/C26H36N8O.2ClH/c27-18-5-7-20(8-6-18)30-26-31-24(23-25(32-26)34(17-28-23)22-3-1-2-4-22)29-19-9-11-21(12-10-19)33-13-15-35-16-14-33;;/h9-12,17-18,20,22H,1-8,13-16,27H2,(H2,29,30,31,32);2*1H. The molecule has 2 aromatic heterocycles. The maximum Gasteiger partial charge on any atom is 0.227 e. The number of anilines is 4. The van der Waals surface area contributed by atoms with Crippen molar-refractivity contribution in [3.8, 4) is 0 Å². The van der Waals surface area contributed by atoms with Crippen LogP contribution in [-0.2, 0) is 4.74 Å². The smallest absolute Gasteiger partial charge is 0.227 e. The van der Waals surface area contributed by atoms with Crippen LogP contribution in [-0.4, -0.2) is 57.9 Å². The van der Waals surface area contributed by atoms with Crippen LogP contribution < -0.4 is 21.3 Å². The van der Waals surface area contributed by atoms with Crippen molar-refractivity contribution >= 4 is 59.1 Å². The van der Waals surface area contributed by atoms with Gasteiger partial charge in [-0.15, -0.1) is 24.8 Å². The van der Waals surface area contributed by atoms with Crippen LogP contribution >= 0.6 is 24.8 Å². The molecular formula is C26H38Cl2N8O. The van der Waals surface area contributed by atoms with Crippen molar-refractivity contribution in [3.63, 3.8) is 0 Å². The second-order valence-electron chi connectivity index (χ2n) is 10.2. The highest BCUT2D eigenvalue weighted by Crippen LogP contribution is 2.34. The highest BCUT2D eigenvalue weighted by molar-refractivity contribution is 5.87. The normalized spacial score (nSPS) is 22.4. The molecule has 202 valence electrons. The molecule has 0 unspecified atom stereocenters. The second-order valence-corrected chi connectivity index (χ2v) is 10.2. The van der Waals surface area contributed by atoms with Gasteiger partial charge < -0.3 is 30.6 Å². The van der Waals surface area contributed by atoms with Gasteiger partial charge in [-0.3, -0.25) is 0 Å². The monoisotopic (exact) mass is 548 g/mol. The van der Waals surface area contributed by atoms with E-state index in [-0.39, 0.29) is 24.8 Å².